The third-order valence-corrected chi connectivity index (χ3v) is 1.000. The third kappa shape index (κ3) is 10.3. The topological polar surface area (TPSA) is 0 Å². The second kappa shape index (κ2) is 13.0. The van der Waals surface area contributed by atoms with Gasteiger partial charge < -0.3 is 24.8 Å². The zero-order valence-corrected chi connectivity index (χ0v) is 9.19. The minimum Gasteiger partial charge on any atom is -1.00 e. The Labute approximate surface area is 93.5 Å². The van der Waals surface area contributed by atoms with E-state index in [0.717, 1.165) is 25.7 Å². The van der Waals surface area contributed by atoms with Gasteiger partial charge in [-0.05, 0) is 0 Å². The summed E-state index contributed by atoms with van der Waals surface area (Å²) in [5.41, 5.74) is 0. The molecule has 0 radical (unpaired) electrons. The van der Waals surface area contributed by atoms with Crippen LogP contribution < -0.4 is 24.8 Å². The Hall–Kier alpha value is 0.323. The summed E-state index contributed by atoms with van der Waals surface area (Å²) in [4.78, 5) is 0. The average Bonchev–Trinajstić information content (AvgIpc) is 1.62. The molecular weight excluding hydrogens is 268 g/mol. The number of hydrogen-bond donors (Lipinski definition) is 0. The molecule has 0 bridgehead atoms. The molecule has 0 atom stereocenters. The van der Waals surface area contributed by atoms with Gasteiger partial charge in [0.15, 0.2) is 0 Å². The van der Waals surface area contributed by atoms with E-state index in [0.29, 0.717) is 0 Å². The van der Waals surface area contributed by atoms with Crippen molar-refractivity contribution >= 4 is 0 Å². The number of halogens is 2. The molecule has 11 heavy (non-hydrogen) atoms. The molecule has 0 aromatic heterocycles. The standard InChI is InChI=1S/C8H8.2ClH.Ru/c1-2-4-6-8-7-5-3-1;;;/h1-2,7-8H2;2*1H;/q;;;+2/p-2. The van der Waals surface area contributed by atoms with Crippen molar-refractivity contribution in [1.29, 1.82) is 0 Å². The second-order valence-corrected chi connectivity index (χ2v) is 1.71. The Kier molecular flexibility index (Phi) is 20.5. The second-order valence-electron chi connectivity index (χ2n) is 1.71. The van der Waals surface area contributed by atoms with E-state index in [1.807, 2.05) is 0 Å². The Morgan fingerprint density at radius 1 is 0.545 bits per heavy atom. The molecule has 0 N–H and O–H groups in total. The summed E-state index contributed by atoms with van der Waals surface area (Å²) in [5.74, 6) is 12.1. The summed E-state index contributed by atoms with van der Waals surface area (Å²) < 4.78 is 0. The molecule has 1 aliphatic rings. The van der Waals surface area contributed by atoms with Crippen molar-refractivity contribution in [3.63, 3.8) is 0 Å². The predicted molar refractivity (Wildman–Crippen MR) is 34.0 cm³/mol. The smallest absolute Gasteiger partial charge is 1.00 e. The van der Waals surface area contributed by atoms with Crippen LogP contribution in [0.1, 0.15) is 25.7 Å². The summed E-state index contributed by atoms with van der Waals surface area (Å²) in [6, 6.07) is 0. The first kappa shape index (κ1) is 17.4. The van der Waals surface area contributed by atoms with Crippen molar-refractivity contribution < 1.29 is 44.3 Å². The van der Waals surface area contributed by atoms with Gasteiger partial charge in [0.05, 0.1) is 0 Å². The van der Waals surface area contributed by atoms with E-state index in [4.69, 9.17) is 0 Å². The Morgan fingerprint density at radius 3 is 0.909 bits per heavy atom. The molecule has 3 heteroatoms. The molecule has 0 amide bonds. The monoisotopic (exact) mass is 276 g/mol. The Bertz CT molecular complexity index is 142. The Morgan fingerprint density at radius 2 is 0.727 bits per heavy atom. The van der Waals surface area contributed by atoms with E-state index in [1.54, 1.807) is 0 Å². The summed E-state index contributed by atoms with van der Waals surface area (Å²) >= 11 is 0. The normalized spacial score (nSPS) is 11.6. The fourth-order valence-electron chi connectivity index (χ4n) is 0.604. The molecule has 1 aliphatic carbocycles. The summed E-state index contributed by atoms with van der Waals surface area (Å²) in [7, 11) is 0. The van der Waals surface area contributed by atoms with Crippen LogP contribution in [0.4, 0.5) is 0 Å². The molecule has 0 spiro atoms. The van der Waals surface area contributed by atoms with Crippen molar-refractivity contribution in [2.24, 2.45) is 0 Å². The number of rotatable bonds is 0. The fraction of sp³-hybridized carbons (Fsp3) is 0.500. The predicted octanol–water partition coefficient (Wildman–Crippen LogP) is -4.43. The van der Waals surface area contributed by atoms with E-state index in [-0.39, 0.29) is 44.3 Å². The third-order valence-electron chi connectivity index (χ3n) is 1.000. The summed E-state index contributed by atoms with van der Waals surface area (Å²) in [6.07, 6.45) is 3.86. The first-order valence-electron chi connectivity index (χ1n) is 2.91. The van der Waals surface area contributed by atoms with E-state index < -0.39 is 0 Å². The van der Waals surface area contributed by atoms with Crippen molar-refractivity contribution in [2.45, 2.75) is 25.7 Å². The van der Waals surface area contributed by atoms with Gasteiger partial charge in [0.2, 0.25) is 0 Å². The molecule has 0 aromatic rings. The average molecular weight is 276 g/mol. The molecule has 0 aliphatic heterocycles. The van der Waals surface area contributed by atoms with Crippen molar-refractivity contribution in [3.8, 4) is 23.7 Å². The van der Waals surface area contributed by atoms with Gasteiger partial charge in [0.25, 0.3) is 0 Å². The zero-order chi connectivity index (χ0) is 5.66. The fourth-order valence-corrected chi connectivity index (χ4v) is 0.604. The van der Waals surface area contributed by atoms with Gasteiger partial charge >= 0.3 is 19.5 Å². The minimum atomic E-state index is 0. The van der Waals surface area contributed by atoms with E-state index >= 15 is 0 Å². The van der Waals surface area contributed by atoms with Gasteiger partial charge in [0.1, 0.15) is 0 Å². The van der Waals surface area contributed by atoms with Gasteiger partial charge in [-0.15, -0.1) is 23.7 Å². The SMILES string of the molecule is C1#CCCC#CCC1.[Cl-].[Cl-].[Ru+2]. The minimum absolute atomic E-state index is 0. The van der Waals surface area contributed by atoms with Gasteiger partial charge in [-0.25, -0.2) is 0 Å². The van der Waals surface area contributed by atoms with Gasteiger partial charge in [-0.2, -0.15) is 0 Å². The molecule has 0 nitrogen and oxygen atoms in total. The van der Waals surface area contributed by atoms with Crippen LogP contribution in [0.5, 0.6) is 0 Å². The first-order valence-corrected chi connectivity index (χ1v) is 2.91. The zero-order valence-electron chi connectivity index (χ0n) is 5.94. The number of hydrogen-bond acceptors (Lipinski definition) is 0. The van der Waals surface area contributed by atoms with Crippen LogP contribution in [0.3, 0.4) is 0 Å². The van der Waals surface area contributed by atoms with E-state index in [9.17, 15) is 0 Å². The largest absolute Gasteiger partial charge is 2.00 e. The van der Waals surface area contributed by atoms with Crippen molar-refractivity contribution in [3.05, 3.63) is 0 Å². The maximum absolute atomic E-state index is 3.03. The van der Waals surface area contributed by atoms with Crippen LogP contribution >= 0.6 is 0 Å². The molecule has 0 fully saturated rings. The van der Waals surface area contributed by atoms with Crippen LogP contribution in [0.15, 0.2) is 0 Å². The Balaban J connectivity index is -0.000000213. The molecule has 0 unspecified atom stereocenters. The summed E-state index contributed by atoms with van der Waals surface area (Å²) in [5, 5.41) is 0. The van der Waals surface area contributed by atoms with Crippen LogP contribution in [0.2, 0.25) is 0 Å². The first-order chi connectivity index (χ1) is 4.00. The van der Waals surface area contributed by atoms with Gasteiger partial charge in [-0.1, -0.05) is 0 Å². The van der Waals surface area contributed by atoms with Crippen molar-refractivity contribution in [1.82, 2.24) is 0 Å². The van der Waals surface area contributed by atoms with Gasteiger partial charge in [-0.3, -0.25) is 0 Å². The molecule has 0 saturated heterocycles. The molecule has 0 saturated carbocycles. The van der Waals surface area contributed by atoms with Crippen LogP contribution in [0, 0.1) is 23.7 Å². The van der Waals surface area contributed by atoms with Crippen LogP contribution in [-0.4, -0.2) is 0 Å². The summed E-state index contributed by atoms with van der Waals surface area (Å²) in [6.45, 7) is 0. The maximum atomic E-state index is 3.03. The molecular formula is C8H8Cl2Ru. The van der Waals surface area contributed by atoms with E-state index in [2.05, 4.69) is 23.7 Å². The molecule has 1 rings (SSSR count). The van der Waals surface area contributed by atoms with Crippen molar-refractivity contribution in [2.75, 3.05) is 0 Å². The van der Waals surface area contributed by atoms with Crippen LogP contribution in [0.25, 0.3) is 0 Å². The quantitative estimate of drug-likeness (QED) is 0.309. The van der Waals surface area contributed by atoms with E-state index in [1.165, 1.54) is 0 Å². The maximum Gasteiger partial charge on any atom is 2.00 e. The van der Waals surface area contributed by atoms with Crippen LogP contribution in [-0.2, 0) is 19.5 Å². The molecule has 0 aromatic carbocycles. The molecule has 0 heterocycles. The van der Waals surface area contributed by atoms with Gasteiger partial charge in [0, 0.05) is 25.7 Å². The molecule has 62 valence electrons.